The Morgan fingerprint density at radius 1 is 1.29 bits per heavy atom. The zero-order chi connectivity index (χ0) is 14.7. The molecule has 0 atom stereocenters. The summed E-state index contributed by atoms with van der Waals surface area (Å²) in [7, 11) is 0. The molecule has 1 aliphatic rings. The average molecular weight is 320 g/mol. The van der Waals surface area contributed by atoms with Gasteiger partial charge in [0.05, 0.1) is 10.8 Å². The molecule has 110 valence electrons. The summed E-state index contributed by atoms with van der Waals surface area (Å²) in [6.45, 7) is 1.80. The third kappa shape index (κ3) is 3.44. The largest absolute Gasteiger partial charge is 0.423 e. The smallest absolute Gasteiger partial charge is 0.347 e. The number of ether oxygens (including phenoxy) is 1. The molecule has 2 aromatic rings. The molecule has 6 heteroatoms. The van der Waals surface area contributed by atoms with Crippen molar-refractivity contribution in [2.24, 2.45) is 0 Å². The van der Waals surface area contributed by atoms with Crippen LogP contribution in [0.5, 0.6) is 5.75 Å². The lowest BCUT2D eigenvalue weighted by atomic mass is 10.2. The van der Waals surface area contributed by atoms with E-state index in [2.05, 4.69) is 10.2 Å². The van der Waals surface area contributed by atoms with E-state index in [9.17, 15) is 4.79 Å². The zero-order valence-electron chi connectivity index (χ0n) is 11.7. The summed E-state index contributed by atoms with van der Waals surface area (Å²) in [6, 6.07) is 7.80. The highest BCUT2D eigenvalue weighted by molar-refractivity contribution is 8.16. The van der Waals surface area contributed by atoms with Gasteiger partial charge in [0.2, 0.25) is 0 Å². The van der Waals surface area contributed by atoms with Gasteiger partial charge in [0.1, 0.15) is 11.3 Å². The highest BCUT2D eigenvalue weighted by Gasteiger charge is 2.17. The van der Waals surface area contributed by atoms with Gasteiger partial charge in [0.25, 0.3) is 0 Å². The van der Waals surface area contributed by atoms with Crippen molar-refractivity contribution in [1.29, 1.82) is 0 Å². The van der Waals surface area contributed by atoms with Gasteiger partial charge in [0, 0.05) is 5.69 Å². The number of benzene rings is 1. The Balaban J connectivity index is 1.67. The number of aromatic nitrogens is 2. The summed E-state index contributed by atoms with van der Waals surface area (Å²) < 4.78 is 5.87. The van der Waals surface area contributed by atoms with Gasteiger partial charge in [-0.05, 0) is 42.5 Å². The molecule has 1 aliphatic heterocycles. The number of H-pyrrole nitrogens is 1. The second-order valence-electron chi connectivity index (χ2n) is 4.79. The molecule has 21 heavy (non-hydrogen) atoms. The lowest BCUT2D eigenvalue weighted by molar-refractivity contribution is 0.0734. The number of aryl methyl sites for hydroxylation is 1. The number of hydrogen-bond acceptors (Lipinski definition) is 5. The zero-order valence-corrected chi connectivity index (χ0v) is 13.3. The molecule has 2 heterocycles. The first-order valence-corrected chi connectivity index (χ1v) is 8.89. The molecule has 4 nitrogen and oxygen atoms in total. The van der Waals surface area contributed by atoms with Crippen molar-refractivity contribution in [1.82, 2.24) is 10.2 Å². The van der Waals surface area contributed by atoms with Crippen LogP contribution in [0.4, 0.5) is 0 Å². The molecule has 0 spiro atoms. The van der Waals surface area contributed by atoms with E-state index in [0.717, 1.165) is 0 Å². The number of hydrogen-bond donors (Lipinski definition) is 1. The Hall–Kier alpha value is -1.40. The highest BCUT2D eigenvalue weighted by Crippen LogP contribution is 2.43. The summed E-state index contributed by atoms with van der Waals surface area (Å²) in [5.41, 5.74) is 2.47. The molecule has 3 rings (SSSR count). The minimum absolute atomic E-state index is 0.379. The van der Waals surface area contributed by atoms with Crippen LogP contribution in [0.3, 0.4) is 0 Å². The normalized spacial score (nSPS) is 15.9. The number of carbonyl (C=O) groups excluding carboxylic acids is 1. The summed E-state index contributed by atoms with van der Waals surface area (Å²) in [5, 5.41) is 6.56. The van der Waals surface area contributed by atoms with Crippen LogP contribution >= 0.6 is 23.5 Å². The van der Waals surface area contributed by atoms with Crippen LogP contribution < -0.4 is 4.74 Å². The summed E-state index contributed by atoms with van der Waals surface area (Å²) in [6.07, 6.45) is 2.77. The van der Waals surface area contributed by atoms with Gasteiger partial charge in [-0.2, -0.15) is 5.10 Å². The number of nitrogens with zero attached hydrogens (tertiary/aromatic N) is 1. The third-order valence-corrected chi connectivity index (χ3v) is 6.25. The molecule has 1 aromatic heterocycles. The standard InChI is InChI=1S/C15H16N2O2S2/c1-10-13(9-16-17-10)14(18)19-12-5-3-11(4-6-12)15-20-7-2-8-21-15/h3-6,9,15H,2,7-8H2,1H3,(H,16,17). The van der Waals surface area contributed by atoms with Gasteiger partial charge in [-0.3, -0.25) is 5.10 Å². The van der Waals surface area contributed by atoms with Crippen molar-refractivity contribution in [3.63, 3.8) is 0 Å². The second-order valence-corrected chi connectivity index (χ2v) is 7.52. The van der Waals surface area contributed by atoms with E-state index >= 15 is 0 Å². The van der Waals surface area contributed by atoms with Gasteiger partial charge >= 0.3 is 5.97 Å². The van der Waals surface area contributed by atoms with Crippen molar-refractivity contribution in [3.8, 4) is 5.75 Å². The molecule has 1 saturated heterocycles. The number of nitrogens with one attached hydrogen (secondary N) is 1. The maximum absolute atomic E-state index is 12.0. The fraction of sp³-hybridized carbons (Fsp3) is 0.333. The molecule has 0 amide bonds. The van der Waals surface area contributed by atoms with E-state index < -0.39 is 0 Å². The minimum Gasteiger partial charge on any atom is -0.423 e. The number of carbonyl (C=O) groups is 1. The Morgan fingerprint density at radius 3 is 2.62 bits per heavy atom. The average Bonchev–Trinajstić information content (AvgIpc) is 2.95. The number of thioether (sulfide) groups is 2. The molecular weight excluding hydrogens is 304 g/mol. The molecule has 1 aromatic carbocycles. The molecule has 0 saturated carbocycles. The Kier molecular flexibility index (Phi) is 4.55. The third-order valence-electron chi connectivity index (χ3n) is 3.24. The highest BCUT2D eigenvalue weighted by atomic mass is 32.2. The van der Waals surface area contributed by atoms with Crippen LogP contribution in [0.25, 0.3) is 0 Å². The van der Waals surface area contributed by atoms with Crippen LogP contribution in [0.1, 0.15) is 32.6 Å². The van der Waals surface area contributed by atoms with Crippen molar-refractivity contribution in [3.05, 3.63) is 47.3 Å². The predicted molar refractivity (Wildman–Crippen MR) is 87.0 cm³/mol. The molecule has 0 unspecified atom stereocenters. The SMILES string of the molecule is Cc1[nH]ncc1C(=O)Oc1ccc(C2SCCCS2)cc1. The first kappa shape index (κ1) is 14.5. The first-order valence-electron chi connectivity index (χ1n) is 6.79. The fourth-order valence-electron chi connectivity index (χ4n) is 2.09. The van der Waals surface area contributed by atoms with Crippen LogP contribution in [-0.4, -0.2) is 27.7 Å². The molecule has 0 bridgehead atoms. The van der Waals surface area contributed by atoms with E-state index in [1.54, 1.807) is 6.92 Å². The van der Waals surface area contributed by atoms with Crippen molar-refractivity contribution in [2.45, 2.75) is 17.9 Å². The molecule has 1 fully saturated rings. The minimum atomic E-state index is -0.379. The summed E-state index contributed by atoms with van der Waals surface area (Å²) in [4.78, 5) is 12.0. The molecule has 1 N–H and O–H groups in total. The maximum Gasteiger partial charge on any atom is 0.347 e. The van der Waals surface area contributed by atoms with Gasteiger partial charge in [0.15, 0.2) is 0 Å². The van der Waals surface area contributed by atoms with E-state index in [1.165, 1.54) is 29.7 Å². The van der Waals surface area contributed by atoms with Crippen LogP contribution in [0, 0.1) is 6.92 Å². The van der Waals surface area contributed by atoms with Gasteiger partial charge in [-0.1, -0.05) is 12.1 Å². The van der Waals surface area contributed by atoms with Crippen molar-refractivity contribution < 1.29 is 9.53 Å². The van der Waals surface area contributed by atoms with Crippen molar-refractivity contribution in [2.75, 3.05) is 11.5 Å². The maximum atomic E-state index is 12.0. The number of aromatic amines is 1. The van der Waals surface area contributed by atoms with Gasteiger partial charge < -0.3 is 4.74 Å². The van der Waals surface area contributed by atoms with E-state index in [-0.39, 0.29) is 5.97 Å². The lowest BCUT2D eigenvalue weighted by Crippen LogP contribution is -2.09. The Morgan fingerprint density at radius 2 is 2.00 bits per heavy atom. The van der Waals surface area contributed by atoms with E-state index in [4.69, 9.17) is 4.74 Å². The first-order chi connectivity index (χ1) is 10.2. The molecular formula is C15H16N2O2S2. The van der Waals surface area contributed by atoms with Gasteiger partial charge in [-0.15, -0.1) is 23.5 Å². The molecule has 0 aliphatic carbocycles. The van der Waals surface area contributed by atoms with Crippen LogP contribution in [0.2, 0.25) is 0 Å². The molecule has 0 radical (unpaired) electrons. The summed E-state index contributed by atoms with van der Waals surface area (Å²) >= 11 is 3.96. The lowest BCUT2D eigenvalue weighted by Gasteiger charge is -2.21. The van der Waals surface area contributed by atoms with Crippen LogP contribution in [0.15, 0.2) is 30.5 Å². The van der Waals surface area contributed by atoms with E-state index in [1.807, 2.05) is 47.8 Å². The van der Waals surface area contributed by atoms with Crippen molar-refractivity contribution >= 4 is 29.5 Å². The topological polar surface area (TPSA) is 55.0 Å². The number of rotatable bonds is 3. The Labute approximate surface area is 132 Å². The predicted octanol–water partition coefficient (Wildman–Crippen LogP) is 3.81. The number of esters is 1. The Bertz CT molecular complexity index is 619. The quantitative estimate of drug-likeness (QED) is 0.688. The fourth-order valence-corrected chi connectivity index (χ4v) is 4.99. The van der Waals surface area contributed by atoms with E-state index in [0.29, 0.717) is 21.6 Å². The second kappa shape index (κ2) is 6.58. The van der Waals surface area contributed by atoms with Crippen LogP contribution in [-0.2, 0) is 0 Å². The summed E-state index contributed by atoms with van der Waals surface area (Å²) in [5.74, 6) is 2.62. The van der Waals surface area contributed by atoms with Gasteiger partial charge in [-0.25, -0.2) is 4.79 Å². The monoisotopic (exact) mass is 320 g/mol.